The van der Waals surface area contributed by atoms with Gasteiger partial charge in [-0.25, -0.2) is 0 Å². The third kappa shape index (κ3) is 25.7. The Morgan fingerprint density at radius 1 is 1.18 bits per heavy atom. The molecule has 17 heavy (non-hydrogen) atoms. The van der Waals surface area contributed by atoms with Gasteiger partial charge in [-0.3, -0.25) is 9.11 Å². The van der Waals surface area contributed by atoms with Crippen LogP contribution >= 0.6 is 0 Å². The summed E-state index contributed by atoms with van der Waals surface area (Å²) in [4.78, 5) is 0. The van der Waals surface area contributed by atoms with Crippen LogP contribution in [-0.4, -0.2) is 36.8 Å². The van der Waals surface area contributed by atoms with Crippen LogP contribution in [0, 0.1) is 0 Å². The molecule has 11 heteroatoms. The first-order chi connectivity index (χ1) is 7.27. The van der Waals surface area contributed by atoms with Crippen LogP contribution in [0.1, 0.15) is 33.1 Å². The minimum absolute atomic E-state index is 0.698. The highest BCUT2D eigenvalue weighted by Crippen LogP contribution is 2.04. The van der Waals surface area contributed by atoms with Crippen molar-refractivity contribution in [3.63, 3.8) is 0 Å². The molecule has 0 bridgehead atoms. The zero-order valence-corrected chi connectivity index (χ0v) is 11.0. The molecule has 1 unspecified atom stereocenters. The SMILES string of the molecule is CCCCC(C)(N)O.O=S(=O)(O)OS(=O)(=O)O. The van der Waals surface area contributed by atoms with Crippen LogP contribution in [0.4, 0.5) is 0 Å². The monoisotopic (exact) mass is 295 g/mol. The van der Waals surface area contributed by atoms with Gasteiger partial charge in [0.25, 0.3) is 0 Å². The minimum atomic E-state index is -5.12. The van der Waals surface area contributed by atoms with E-state index in [4.69, 9.17) is 19.9 Å². The summed E-state index contributed by atoms with van der Waals surface area (Å²) in [5.41, 5.74) is 4.33. The summed E-state index contributed by atoms with van der Waals surface area (Å²) in [5.74, 6) is 0. The second kappa shape index (κ2) is 7.20. The maximum Gasteiger partial charge on any atom is 0.413 e. The Labute approximate surface area is 100 Å². The molecule has 0 saturated carbocycles. The molecule has 0 aliphatic heterocycles. The normalized spacial score (nSPS) is 15.6. The molecule has 0 radical (unpaired) electrons. The van der Waals surface area contributed by atoms with Crippen LogP contribution in [0.25, 0.3) is 0 Å². The van der Waals surface area contributed by atoms with Gasteiger partial charge in [-0.1, -0.05) is 13.3 Å². The van der Waals surface area contributed by atoms with Gasteiger partial charge in [0.1, 0.15) is 5.72 Å². The van der Waals surface area contributed by atoms with Crippen molar-refractivity contribution >= 4 is 20.8 Å². The van der Waals surface area contributed by atoms with E-state index in [0.717, 1.165) is 12.8 Å². The van der Waals surface area contributed by atoms with Crippen molar-refractivity contribution in [1.29, 1.82) is 0 Å². The zero-order valence-electron chi connectivity index (χ0n) is 9.40. The Morgan fingerprint density at radius 3 is 1.59 bits per heavy atom. The molecule has 0 aromatic carbocycles. The van der Waals surface area contributed by atoms with Gasteiger partial charge in [0.15, 0.2) is 0 Å². The molecule has 106 valence electrons. The van der Waals surface area contributed by atoms with E-state index in [0.29, 0.717) is 6.42 Å². The van der Waals surface area contributed by atoms with Gasteiger partial charge in [-0.2, -0.15) is 16.8 Å². The summed E-state index contributed by atoms with van der Waals surface area (Å²) in [6, 6.07) is 0. The van der Waals surface area contributed by atoms with Gasteiger partial charge in [-0.15, -0.1) is 3.63 Å². The predicted molar refractivity (Wildman–Crippen MR) is 58.5 cm³/mol. The van der Waals surface area contributed by atoms with Crippen molar-refractivity contribution in [3.8, 4) is 0 Å². The van der Waals surface area contributed by atoms with E-state index in [1.54, 1.807) is 6.92 Å². The third-order valence-corrected chi connectivity index (χ3v) is 2.58. The molecular formula is C6H17NO8S2. The summed E-state index contributed by atoms with van der Waals surface area (Å²) in [6.07, 6.45) is 2.79. The number of rotatable bonds is 5. The van der Waals surface area contributed by atoms with E-state index in [1.807, 2.05) is 0 Å². The van der Waals surface area contributed by atoms with E-state index in [9.17, 15) is 16.8 Å². The van der Waals surface area contributed by atoms with E-state index in [2.05, 4.69) is 10.6 Å². The molecule has 0 aromatic rings. The lowest BCUT2D eigenvalue weighted by molar-refractivity contribution is 0.0556. The van der Waals surface area contributed by atoms with Gasteiger partial charge in [0, 0.05) is 0 Å². The maximum atomic E-state index is 9.44. The Kier molecular flexibility index (Phi) is 8.07. The van der Waals surface area contributed by atoms with Crippen LogP contribution in [-0.2, 0) is 24.4 Å². The highest BCUT2D eigenvalue weighted by atomic mass is 32.3. The van der Waals surface area contributed by atoms with Crippen LogP contribution in [0.15, 0.2) is 0 Å². The molecule has 0 aromatic heterocycles. The summed E-state index contributed by atoms with van der Waals surface area (Å²) < 4.78 is 55.6. The zero-order chi connectivity index (χ0) is 14.3. The van der Waals surface area contributed by atoms with Crippen LogP contribution in [0.2, 0.25) is 0 Å². The van der Waals surface area contributed by atoms with Crippen molar-refractivity contribution < 1.29 is 34.7 Å². The highest BCUT2D eigenvalue weighted by molar-refractivity contribution is 7.94. The smallest absolute Gasteiger partial charge is 0.376 e. The van der Waals surface area contributed by atoms with Crippen molar-refractivity contribution in [2.45, 2.75) is 38.8 Å². The Hall–Kier alpha value is -0.300. The summed E-state index contributed by atoms with van der Waals surface area (Å²) in [6.45, 7) is 3.70. The number of aliphatic hydroxyl groups is 1. The molecule has 1 atom stereocenters. The fraction of sp³-hybridized carbons (Fsp3) is 1.00. The predicted octanol–water partition coefficient (Wildman–Crippen LogP) is -0.548. The standard InChI is InChI=1S/C6H15NO.H2O7S2/c1-3-4-5-6(2,7)8;1-8(2,3)7-9(4,5)6/h8H,3-5,7H2,1-2H3;(H,1,2,3)(H,4,5,6). The quantitative estimate of drug-likeness (QED) is 0.384. The first kappa shape index (κ1) is 19.0. The summed E-state index contributed by atoms with van der Waals surface area (Å²) in [5, 5.41) is 8.93. The molecule has 0 fully saturated rings. The van der Waals surface area contributed by atoms with Gasteiger partial charge in [0.05, 0.1) is 0 Å². The first-order valence-corrected chi connectivity index (χ1v) is 7.17. The second-order valence-corrected chi connectivity index (χ2v) is 5.64. The van der Waals surface area contributed by atoms with Gasteiger partial charge in [-0.05, 0) is 19.8 Å². The summed E-state index contributed by atoms with van der Waals surface area (Å²) >= 11 is 0. The lowest BCUT2D eigenvalue weighted by Crippen LogP contribution is -2.35. The van der Waals surface area contributed by atoms with Crippen molar-refractivity contribution in [1.82, 2.24) is 0 Å². The number of hydrogen-bond donors (Lipinski definition) is 4. The van der Waals surface area contributed by atoms with Crippen LogP contribution < -0.4 is 5.73 Å². The molecule has 0 spiro atoms. The molecule has 0 amide bonds. The Morgan fingerprint density at radius 2 is 1.53 bits per heavy atom. The van der Waals surface area contributed by atoms with Crippen molar-refractivity contribution in [2.24, 2.45) is 5.73 Å². The van der Waals surface area contributed by atoms with E-state index in [-0.39, 0.29) is 0 Å². The molecule has 0 rings (SSSR count). The van der Waals surface area contributed by atoms with Gasteiger partial charge in [0.2, 0.25) is 0 Å². The average Bonchev–Trinajstić information content (AvgIpc) is 1.93. The summed E-state index contributed by atoms with van der Waals surface area (Å²) in [7, 11) is -10.2. The fourth-order valence-corrected chi connectivity index (χ4v) is 1.51. The third-order valence-electron chi connectivity index (χ3n) is 1.21. The molecular weight excluding hydrogens is 278 g/mol. The fourth-order valence-electron chi connectivity index (χ4n) is 0.643. The number of unbranched alkanes of at least 4 members (excludes halogenated alkanes) is 1. The Balaban J connectivity index is 0. The molecule has 0 aliphatic rings. The molecule has 0 aliphatic carbocycles. The average molecular weight is 295 g/mol. The molecule has 9 nitrogen and oxygen atoms in total. The van der Waals surface area contributed by atoms with Gasteiger partial charge >= 0.3 is 20.8 Å². The van der Waals surface area contributed by atoms with E-state index in [1.165, 1.54) is 0 Å². The van der Waals surface area contributed by atoms with E-state index < -0.39 is 26.5 Å². The molecule has 5 N–H and O–H groups in total. The van der Waals surface area contributed by atoms with Gasteiger partial charge < -0.3 is 10.8 Å². The van der Waals surface area contributed by atoms with Crippen molar-refractivity contribution in [3.05, 3.63) is 0 Å². The number of nitrogens with two attached hydrogens (primary N) is 1. The van der Waals surface area contributed by atoms with E-state index >= 15 is 0 Å². The lowest BCUT2D eigenvalue weighted by atomic mass is 10.1. The highest BCUT2D eigenvalue weighted by Gasteiger charge is 2.15. The van der Waals surface area contributed by atoms with Crippen molar-refractivity contribution in [2.75, 3.05) is 0 Å². The Bertz CT molecular complexity index is 362. The first-order valence-electron chi connectivity index (χ1n) is 4.44. The van der Waals surface area contributed by atoms with Crippen LogP contribution in [0.3, 0.4) is 0 Å². The molecule has 0 saturated heterocycles. The number of hydrogen-bond acceptors (Lipinski definition) is 7. The molecule has 0 heterocycles. The second-order valence-electron chi connectivity index (χ2n) is 3.38. The largest absolute Gasteiger partial charge is 0.413 e. The van der Waals surface area contributed by atoms with Crippen LogP contribution in [0.5, 0.6) is 0 Å². The lowest BCUT2D eigenvalue weighted by Gasteiger charge is -2.15. The topological polar surface area (TPSA) is 164 Å². The maximum absolute atomic E-state index is 9.44. The minimum Gasteiger partial charge on any atom is -0.376 e.